The van der Waals surface area contributed by atoms with E-state index in [0.717, 1.165) is 11.3 Å². The maximum atomic E-state index is 11.9. The highest BCUT2D eigenvalue weighted by atomic mass is 32.2. The summed E-state index contributed by atoms with van der Waals surface area (Å²) >= 11 is 0.817. The van der Waals surface area contributed by atoms with Gasteiger partial charge in [-0.15, -0.1) is 10.2 Å². The summed E-state index contributed by atoms with van der Waals surface area (Å²) in [5.74, 6) is -0.152. The third kappa shape index (κ3) is 4.00. The van der Waals surface area contributed by atoms with Crippen molar-refractivity contribution in [3.05, 3.63) is 0 Å². The zero-order valence-corrected chi connectivity index (χ0v) is 12.2. The van der Waals surface area contributed by atoms with Crippen molar-refractivity contribution in [2.45, 2.75) is 38.1 Å². The molecule has 0 aliphatic carbocycles. The molecule has 1 aromatic heterocycles. The van der Waals surface area contributed by atoms with E-state index in [1.165, 1.54) is 6.92 Å². The first kappa shape index (κ1) is 15.0. The molecule has 9 heteroatoms. The zero-order chi connectivity index (χ0) is 13.9. The molecule has 1 heterocycles. The maximum absolute atomic E-state index is 11.9. The summed E-state index contributed by atoms with van der Waals surface area (Å²) in [6.45, 7) is 6.92. The van der Waals surface area contributed by atoms with Crippen molar-refractivity contribution in [2.24, 2.45) is 5.92 Å². The van der Waals surface area contributed by atoms with Crippen LogP contribution >= 0.6 is 11.3 Å². The summed E-state index contributed by atoms with van der Waals surface area (Å²) in [7, 11) is -3.68. The van der Waals surface area contributed by atoms with Gasteiger partial charge in [0.1, 0.15) is 0 Å². The Kier molecular flexibility index (Phi) is 4.77. The number of carbonyl (C=O) groups is 1. The van der Waals surface area contributed by atoms with E-state index in [9.17, 15) is 13.2 Å². The van der Waals surface area contributed by atoms with Crippen molar-refractivity contribution in [3.63, 3.8) is 0 Å². The van der Waals surface area contributed by atoms with Crippen LogP contribution in [0.15, 0.2) is 4.34 Å². The topological polar surface area (TPSA) is 101 Å². The van der Waals surface area contributed by atoms with E-state index in [4.69, 9.17) is 0 Å². The van der Waals surface area contributed by atoms with E-state index in [0.29, 0.717) is 0 Å². The summed E-state index contributed by atoms with van der Waals surface area (Å²) < 4.78 is 26.2. The lowest BCUT2D eigenvalue weighted by Gasteiger charge is -2.15. The van der Waals surface area contributed by atoms with Crippen LogP contribution in [0.3, 0.4) is 0 Å². The van der Waals surface area contributed by atoms with E-state index in [1.54, 1.807) is 6.92 Å². The van der Waals surface area contributed by atoms with E-state index < -0.39 is 10.0 Å². The van der Waals surface area contributed by atoms with E-state index in [2.05, 4.69) is 20.2 Å². The van der Waals surface area contributed by atoms with Crippen LogP contribution in [0.25, 0.3) is 0 Å². The molecule has 0 unspecified atom stereocenters. The quantitative estimate of drug-likeness (QED) is 0.782. The lowest BCUT2D eigenvalue weighted by Crippen LogP contribution is -2.36. The van der Waals surface area contributed by atoms with Crippen LogP contribution in [0.1, 0.15) is 27.7 Å². The number of hydrogen-bond donors (Lipinski definition) is 2. The molecule has 0 aliphatic rings. The average molecular weight is 292 g/mol. The molecule has 1 amide bonds. The minimum absolute atomic E-state index is 0.154. The van der Waals surface area contributed by atoms with Crippen LogP contribution in [0.4, 0.5) is 5.13 Å². The summed E-state index contributed by atoms with van der Waals surface area (Å²) in [5, 5.41) is 9.70. The molecule has 0 aliphatic heterocycles. The van der Waals surface area contributed by atoms with Crippen LogP contribution in [-0.2, 0) is 14.8 Å². The van der Waals surface area contributed by atoms with Gasteiger partial charge in [0.15, 0.2) is 0 Å². The molecule has 0 radical (unpaired) electrons. The number of nitrogens with one attached hydrogen (secondary N) is 2. The van der Waals surface area contributed by atoms with Gasteiger partial charge in [-0.3, -0.25) is 4.79 Å². The number of anilines is 1. The number of nitrogens with zero attached hydrogens (tertiary/aromatic N) is 2. The van der Waals surface area contributed by atoms with E-state index in [1.807, 2.05) is 13.8 Å². The van der Waals surface area contributed by atoms with E-state index in [-0.39, 0.29) is 27.3 Å². The Balaban J connectivity index is 2.85. The van der Waals surface area contributed by atoms with Gasteiger partial charge in [0, 0.05) is 13.0 Å². The van der Waals surface area contributed by atoms with Gasteiger partial charge in [0.05, 0.1) is 0 Å². The third-order valence-corrected chi connectivity index (χ3v) is 5.03. The minimum Gasteiger partial charge on any atom is -0.301 e. The van der Waals surface area contributed by atoms with Gasteiger partial charge in [-0.25, -0.2) is 13.1 Å². The molecule has 0 aromatic carbocycles. The van der Waals surface area contributed by atoms with Crippen molar-refractivity contribution in [1.29, 1.82) is 0 Å². The Morgan fingerprint density at radius 1 is 1.28 bits per heavy atom. The standard InChI is InChI=1S/C9H16N4O3S2/c1-5(2)6(3)13-18(15,16)9-12-11-8(17-9)10-7(4)14/h5-6,13H,1-4H3,(H,10,11,14)/t6-/m0/s1. The molecule has 102 valence electrons. The highest BCUT2D eigenvalue weighted by molar-refractivity contribution is 7.91. The summed E-state index contributed by atoms with van der Waals surface area (Å²) in [5.41, 5.74) is 0. The number of rotatable bonds is 5. The van der Waals surface area contributed by atoms with Gasteiger partial charge < -0.3 is 5.32 Å². The Hall–Kier alpha value is -1.06. The minimum atomic E-state index is -3.68. The Bertz CT molecular complexity index is 524. The lowest BCUT2D eigenvalue weighted by molar-refractivity contribution is -0.114. The first-order chi connectivity index (χ1) is 8.22. The number of carbonyl (C=O) groups excluding carboxylic acids is 1. The largest absolute Gasteiger partial charge is 0.301 e. The van der Waals surface area contributed by atoms with Crippen LogP contribution in [0, 0.1) is 5.92 Å². The van der Waals surface area contributed by atoms with Gasteiger partial charge >= 0.3 is 0 Å². The third-order valence-electron chi connectivity index (χ3n) is 2.26. The molecule has 0 saturated heterocycles. The predicted octanol–water partition coefficient (Wildman–Crippen LogP) is 0.819. The van der Waals surface area contributed by atoms with E-state index >= 15 is 0 Å². The van der Waals surface area contributed by atoms with Crippen molar-refractivity contribution >= 4 is 32.4 Å². The van der Waals surface area contributed by atoms with Crippen LogP contribution in [0.5, 0.6) is 0 Å². The molecular formula is C9H16N4O3S2. The number of amides is 1. The SMILES string of the molecule is CC(=O)Nc1nnc(S(=O)(=O)N[C@@H](C)C(C)C)s1. The molecule has 7 nitrogen and oxygen atoms in total. The maximum Gasteiger partial charge on any atom is 0.270 e. The van der Waals surface area contributed by atoms with Crippen molar-refractivity contribution in [1.82, 2.24) is 14.9 Å². The summed E-state index contributed by atoms with van der Waals surface area (Å²) in [6, 6.07) is -0.205. The van der Waals surface area contributed by atoms with Gasteiger partial charge in [-0.2, -0.15) is 0 Å². The Morgan fingerprint density at radius 2 is 1.89 bits per heavy atom. The smallest absolute Gasteiger partial charge is 0.270 e. The monoisotopic (exact) mass is 292 g/mol. The molecule has 2 N–H and O–H groups in total. The van der Waals surface area contributed by atoms with Gasteiger partial charge in [0.25, 0.3) is 10.0 Å². The fourth-order valence-electron chi connectivity index (χ4n) is 0.951. The van der Waals surface area contributed by atoms with Gasteiger partial charge in [-0.1, -0.05) is 25.2 Å². The van der Waals surface area contributed by atoms with Gasteiger partial charge in [0.2, 0.25) is 15.4 Å². The molecular weight excluding hydrogens is 276 g/mol. The first-order valence-corrected chi connectivity index (χ1v) is 7.65. The fourth-order valence-corrected chi connectivity index (χ4v) is 3.30. The fraction of sp³-hybridized carbons (Fsp3) is 0.667. The molecule has 1 atom stereocenters. The summed E-state index contributed by atoms with van der Waals surface area (Å²) in [6.07, 6.45) is 0. The molecule has 18 heavy (non-hydrogen) atoms. The van der Waals surface area contributed by atoms with Crippen LogP contribution in [0.2, 0.25) is 0 Å². The number of sulfonamides is 1. The normalized spacial score (nSPS) is 13.6. The Morgan fingerprint density at radius 3 is 2.39 bits per heavy atom. The Labute approximate surface area is 110 Å². The second-order valence-electron chi connectivity index (χ2n) is 4.21. The number of aromatic nitrogens is 2. The molecule has 0 fully saturated rings. The van der Waals surface area contributed by atoms with Crippen molar-refractivity contribution in [3.8, 4) is 0 Å². The molecule has 1 rings (SSSR count). The molecule has 0 bridgehead atoms. The predicted molar refractivity (Wildman–Crippen MR) is 68.8 cm³/mol. The highest BCUT2D eigenvalue weighted by Gasteiger charge is 2.23. The van der Waals surface area contributed by atoms with Crippen LogP contribution < -0.4 is 10.0 Å². The van der Waals surface area contributed by atoms with Crippen molar-refractivity contribution in [2.75, 3.05) is 5.32 Å². The second kappa shape index (κ2) is 5.72. The summed E-state index contributed by atoms with van der Waals surface area (Å²) in [4.78, 5) is 10.8. The zero-order valence-electron chi connectivity index (χ0n) is 10.6. The first-order valence-electron chi connectivity index (χ1n) is 5.36. The molecule has 0 spiro atoms. The molecule has 1 aromatic rings. The second-order valence-corrected chi connectivity index (χ2v) is 7.07. The number of hydrogen-bond acceptors (Lipinski definition) is 6. The van der Waals surface area contributed by atoms with Crippen molar-refractivity contribution < 1.29 is 13.2 Å². The molecule has 0 saturated carbocycles. The van der Waals surface area contributed by atoms with Gasteiger partial charge in [-0.05, 0) is 12.8 Å². The average Bonchev–Trinajstić information content (AvgIpc) is 2.64. The highest BCUT2D eigenvalue weighted by Crippen LogP contribution is 2.20. The van der Waals surface area contributed by atoms with Crippen LogP contribution in [-0.4, -0.2) is 30.6 Å². The lowest BCUT2D eigenvalue weighted by atomic mass is 10.1.